The van der Waals surface area contributed by atoms with Crippen molar-refractivity contribution in [2.75, 3.05) is 7.11 Å². The summed E-state index contributed by atoms with van der Waals surface area (Å²) in [6.45, 7) is 8.21. The highest BCUT2D eigenvalue weighted by Gasteiger charge is 2.51. The van der Waals surface area contributed by atoms with Crippen LogP contribution in [0.15, 0.2) is 60.7 Å². The fourth-order valence-corrected chi connectivity index (χ4v) is 3.46. The van der Waals surface area contributed by atoms with Crippen molar-refractivity contribution < 1.29 is 18.8 Å². The molecule has 5 nitrogen and oxygen atoms in total. The van der Waals surface area contributed by atoms with Gasteiger partial charge in [0.1, 0.15) is 0 Å². The minimum atomic E-state index is -0.408. The molecule has 2 heterocycles. The number of aromatic nitrogens is 1. The number of carbonyl (C=O) groups excluding carboxylic acids is 1. The Kier molecular flexibility index (Phi) is 5.46. The molecule has 0 saturated carbocycles. The van der Waals surface area contributed by atoms with E-state index in [1.165, 1.54) is 13.2 Å². The zero-order valence-electron chi connectivity index (χ0n) is 18.5. The predicted molar refractivity (Wildman–Crippen MR) is 124 cm³/mol. The minimum absolute atomic E-state index is 0.379. The topological polar surface area (TPSA) is 57.7 Å². The molecule has 1 saturated heterocycles. The summed E-state index contributed by atoms with van der Waals surface area (Å²) in [5, 5.41) is 0.998. The highest BCUT2D eigenvalue weighted by Crippen LogP contribution is 2.36. The van der Waals surface area contributed by atoms with E-state index in [1.807, 2.05) is 48.5 Å². The van der Waals surface area contributed by atoms with Crippen molar-refractivity contribution in [1.82, 2.24) is 4.98 Å². The van der Waals surface area contributed by atoms with Crippen LogP contribution in [0.4, 0.5) is 0 Å². The molecular weight excluding hydrogens is 389 g/mol. The third kappa shape index (κ3) is 4.27. The largest absolute Gasteiger partial charge is 0.494 e. The highest BCUT2D eigenvalue weighted by molar-refractivity contribution is 6.62. The van der Waals surface area contributed by atoms with Gasteiger partial charge >= 0.3 is 13.1 Å². The Morgan fingerprint density at radius 1 is 1.00 bits per heavy atom. The van der Waals surface area contributed by atoms with Crippen molar-refractivity contribution in [2.45, 2.75) is 38.9 Å². The molecule has 0 bridgehead atoms. The second-order valence-electron chi connectivity index (χ2n) is 8.72. The van der Waals surface area contributed by atoms with E-state index in [1.54, 1.807) is 6.08 Å². The van der Waals surface area contributed by atoms with Crippen molar-refractivity contribution in [1.29, 1.82) is 0 Å². The van der Waals surface area contributed by atoms with E-state index in [-0.39, 0.29) is 17.2 Å². The zero-order chi connectivity index (χ0) is 22.2. The number of pyridine rings is 1. The summed E-state index contributed by atoms with van der Waals surface area (Å²) in [5.74, 6) is -0.379. The normalized spacial score (nSPS) is 17.4. The van der Waals surface area contributed by atoms with Crippen LogP contribution in [-0.4, -0.2) is 36.4 Å². The van der Waals surface area contributed by atoms with Crippen molar-refractivity contribution in [3.8, 4) is 11.3 Å². The van der Waals surface area contributed by atoms with Crippen LogP contribution in [0.5, 0.6) is 0 Å². The molecule has 4 rings (SSSR count). The predicted octanol–water partition coefficient (Wildman–Crippen LogP) is 4.39. The maximum atomic E-state index is 11.3. The fourth-order valence-electron chi connectivity index (χ4n) is 3.46. The summed E-state index contributed by atoms with van der Waals surface area (Å²) < 4.78 is 17.0. The number of fused-ring (bicyclic) bond motifs is 1. The van der Waals surface area contributed by atoms with Gasteiger partial charge in [0.15, 0.2) is 0 Å². The number of nitrogens with zero attached hydrogens (tertiary/aromatic N) is 1. The SMILES string of the molecule is COC(=O)/C=C/c1ccc2nc(-c3cccc(B4OC(C)(C)C(C)(C)O4)c3)ccc2c1. The average Bonchev–Trinajstić information content (AvgIpc) is 2.98. The number of rotatable bonds is 4. The number of carbonyl (C=O) groups is 1. The molecule has 6 heteroatoms. The maximum Gasteiger partial charge on any atom is 0.494 e. The van der Waals surface area contributed by atoms with Crippen LogP contribution in [0.1, 0.15) is 33.3 Å². The van der Waals surface area contributed by atoms with Crippen LogP contribution in [0.25, 0.3) is 28.2 Å². The lowest BCUT2D eigenvalue weighted by molar-refractivity contribution is -0.134. The summed E-state index contributed by atoms with van der Waals surface area (Å²) in [6, 6.07) is 18.0. The van der Waals surface area contributed by atoms with E-state index in [9.17, 15) is 4.79 Å². The maximum absolute atomic E-state index is 11.3. The lowest BCUT2D eigenvalue weighted by Crippen LogP contribution is -2.41. The first-order valence-corrected chi connectivity index (χ1v) is 10.3. The summed E-state index contributed by atoms with van der Waals surface area (Å²) >= 11 is 0. The van der Waals surface area contributed by atoms with Gasteiger partial charge in [0.05, 0.1) is 29.5 Å². The number of benzene rings is 2. The highest BCUT2D eigenvalue weighted by atomic mass is 16.7. The third-order valence-electron chi connectivity index (χ3n) is 6.03. The molecule has 1 aromatic heterocycles. The van der Waals surface area contributed by atoms with Gasteiger partial charge in [-0.25, -0.2) is 9.78 Å². The molecule has 1 aliphatic heterocycles. The van der Waals surface area contributed by atoms with Crippen molar-refractivity contribution in [2.24, 2.45) is 0 Å². The van der Waals surface area contributed by atoms with E-state index in [4.69, 9.17) is 14.3 Å². The van der Waals surface area contributed by atoms with Crippen molar-refractivity contribution in [3.63, 3.8) is 0 Å². The lowest BCUT2D eigenvalue weighted by Gasteiger charge is -2.32. The summed E-state index contributed by atoms with van der Waals surface area (Å²) in [5.41, 5.74) is 3.89. The van der Waals surface area contributed by atoms with E-state index >= 15 is 0 Å². The molecule has 0 amide bonds. The lowest BCUT2D eigenvalue weighted by atomic mass is 9.78. The molecule has 158 valence electrons. The number of hydrogen-bond acceptors (Lipinski definition) is 5. The van der Waals surface area contributed by atoms with Crippen LogP contribution < -0.4 is 5.46 Å². The third-order valence-corrected chi connectivity index (χ3v) is 6.03. The van der Waals surface area contributed by atoms with Gasteiger partial charge in [-0.05, 0) is 68.6 Å². The van der Waals surface area contributed by atoms with Crippen molar-refractivity contribution >= 4 is 35.5 Å². The molecule has 2 aromatic carbocycles. The molecule has 3 aromatic rings. The number of ether oxygens (including phenoxy) is 1. The quantitative estimate of drug-likeness (QED) is 0.360. The van der Waals surface area contributed by atoms with Gasteiger partial charge in [-0.3, -0.25) is 0 Å². The molecule has 1 aliphatic rings. The smallest absolute Gasteiger partial charge is 0.466 e. The Balaban J connectivity index is 1.61. The molecule has 0 N–H and O–H groups in total. The van der Waals surface area contributed by atoms with Gasteiger partial charge in [0, 0.05) is 11.5 Å². The van der Waals surface area contributed by atoms with E-state index in [0.717, 1.165) is 33.2 Å². The van der Waals surface area contributed by atoms with Gasteiger partial charge in [0.2, 0.25) is 0 Å². The van der Waals surface area contributed by atoms with Crippen LogP contribution in [0.3, 0.4) is 0 Å². The Hall–Kier alpha value is -2.96. The average molecular weight is 415 g/mol. The van der Waals surface area contributed by atoms with Gasteiger partial charge in [-0.1, -0.05) is 36.4 Å². The first-order valence-electron chi connectivity index (χ1n) is 10.3. The molecule has 0 aliphatic carbocycles. The van der Waals surface area contributed by atoms with Crippen LogP contribution >= 0.6 is 0 Å². The molecule has 0 unspecified atom stereocenters. The summed E-state index contributed by atoms with van der Waals surface area (Å²) in [6.07, 6.45) is 3.14. The van der Waals surface area contributed by atoms with Crippen molar-refractivity contribution in [3.05, 3.63) is 66.2 Å². The number of esters is 1. The first-order chi connectivity index (χ1) is 14.7. The molecular formula is C25H26BNO4. The minimum Gasteiger partial charge on any atom is -0.466 e. The standard InChI is InChI=1S/C25H26BNO4/c1-24(2)25(3,4)31-26(30-24)20-8-6-7-18(16-20)22-13-11-19-15-17(9-12-21(19)27-22)10-14-23(28)29-5/h6-16H,1-5H3/b14-10+. The second kappa shape index (κ2) is 7.95. The summed E-state index contributed by atoms with van der Waals surface area (Å²) in [7, 11) is 0.954. The van der Waals surface area contributed by atoms with E-state index in [0.29, 0.717) is 0 Å². The van der Waals surface area contributed by atoms with E-state index in [2.05, 4.69) is 38.5 Å². The van der Waals surface area contributed by atoms with Gasteiger partial charge in [0.25, 0.3) is 0 Å². The molecule has 0 atom stereocenters. The van der Waals surface area contributed by atoms with Gasteiger partial charge in [-0.2, -0.15) is 0 Å². The molecule has 31 heavy (non-hydrogen) atoms. The first kappa shape index (κ1) is 21.3. The Bertz CT molecular complexity index is 1150. The van der Waals surface area contributed by atoms with Gasteiger partial charge in [-0.15, -0.1) is 0 Å². The number of hydrogen-bond donors (Lipinski definition) is 0. The fraction of sp³-hybridized carbons (Fsp3) is 0.280. The Labute approximate surface area is 183 Å². The number of methoxy groups -OCH3 is 1. The monoisotopic (exact) mass is 415 g/mol. The molecule has 1 fully saturated rings. The van der Waals surface area contributed by atoms with Crippen LogP contribution in [-0.2, 0) is 18.8 Å². The zero-order valence-corrected chi connectivity index (χ0v) is 18.5. The van der Waals surface area contributed by atoms with Gasteiger partial charge < -0.3 is 14.0 Å². The van der Waals surface area contributed by atoms with E-state index < -0.39 is 7.12 Å². The van der Waals surface area contributed by atoms with Crippen LogP contribution in [0.2, 0.25) is 0 Å². The Morgan fingerprint density at radius 3 is 2.45 bits per heavy atom. The summed E-state index contributed by atoms with van der Waals surface area (Å²) in [4.78, 5) is 16.1. The van der Waals surface area contributed by atoms with Crippen LogP contribution in [0, 0.1) is 0 Å². The second-order valence-corrected chi connectivity index (χ2v) is 8.72. The molecule has 0 spiro atoms. The Morgan fingerprint density at radius 2 is 1.74 bits per heavy atom. The molecule has 0 radical (unpaired) electrons.